The second kappa shape index (κ2) is 6.95. The second-order valence-electron chi connectivity index (χ2n) is 6.02. The normalized spacial score (nSPS) is 18.9. The largest absolute Gasteiger partial charge is 0.490 e. The first-order valence-corrected chi connectivity index (χ1v) is 7.67. The van der Waals surface area contributed by atoms with Crippen LogP contribution in [-0.4, -0.2) is 12.1 Å². The van der Waals surface area contributed by atoms with Gasteiger partial charge >= 0.3 is 0 Å². The lowest BCUT2D eigenvalue weighted by atomic mass is 10.0. The molecule has 0 heterocycles. The van der Waals surface area contributed by atoms with Crippen LogP contribution in [0.1, 0.15) is 56.6 Å². The Balaban J connectivity index is 2.09. The number of ether oxygens (including phenoxy) is 1. The van der Waals surface area contributed by atoms with Gasteiger partial charge in [0.1, 0.15) is 5.75 Å². The molecule has 1 aliphatic rings. The molecule has 1 fully saturated rings. The van der Waals surface area contributed by atoms with Crippen molar-refractivity contribution in [2.75, 3.05) is 0 Å². The second-order valence-corrected chi connectivity index (χ2v) is 6.02. The van der Waals surface area contributed by atoms with Crippen molar-refractivity contribution in [1.29, 1.82) is 0 Å². The summed E-state index contributed by atoms with van der Waals surface area (Å²) in [7, 11) is 0. The third kappa shape index (κ3) is 4.54. The summed E-state index contributed by atoms with van der Waals surface area (Å²) in [4.78, 5) is 0. The third-order valence-electron chi connectivity index (χ3n) is 3.85. The Kier molecular flexibility index (Phi) is 5.26. The van der Waals surface area contributed by atoms with Crippen LogP contribution in [0, 0.1) is 6.92 Å². The molecule has 2 nitrogen and oxygen atoms in total. The molecule has 2 rings (SSSR count). The lowest BCUT2D eigenvalue weighted by molar-refractivity contribution is 0.182. The minimum absolute atomic E-state index is 0.179. The molecule has 2 N–H and O–H groups in total. The van der Waals surface area contributed by atoms with E-state index in [1.807, 2.05) is 0 Å². The zero-order chi connectivity index (χ0) is 13.7. The van der Waals surface area contributed by atoms with Gasteiger partial charge in [0.05, 0.1) is 6.10 Å². The standard InChI is InChI=1S/C17H27NO/c1-13-9-10-17(15(11-13)12-14(2)18)19-16-7-5-3-4-6-8-16/h9-11,14,16H,3-8,12,18H2,1-2H3. The molecule has 2 heteroatoms. The average molecular weight is 261 g/mol. The van der Waals surface area contributed by atoms with Gasteiger partial charge in [0.2, 0.25) is 0 Å². The van der Waals surface area contributed by atoms with Gasteiger partial charge < -0.3 is 10.5 Å². The smallest absolute Gasteiger partial charge is 0.122 e. The van der Waals surface area contributed by atoms with E-state index in [2.05, 4.69) is 32.0 Å². The van der Waals surface area contributed by atoms with Gasteiger partial charge in [-0.25, -0.2) is 0 Å². The Hall–Kier alpha value is -1.02. The molecule has 0 aromatic heterocycles. The molecule has 1 aliphatic carbocycles. The van der Waals surface area contributed by atoms with Gasteiger partial charge in [0, 0.05) is 6.04 Å². The number of benzene rings is 1. The van der Waals surface area contributed by atoms with Gasteiger partial charge in [-0.1, -0.05) is 30.5 Å². The van der Waals surface area contributed by atoms with E-state index in [0.717, 1.165) is 12.2 Å². The maximum absolute atomic E-state index is 6.27. The van der Waals surface area contributed by atoms with Crippen LogP contribution in [0.25, 0.3) is 0 Å². The van der Waals surface area contributed by atoms with Crippen LogP contribution in [0.15, 0.2) is 18.2 Å². The van der Waals surface area contributed by atoms with E-state index in [4.69, 9.17) is 10.5 Å². The monoisotopic (exact) mass is 261 g/mol. The van der Waals surface area contributed by atoms with Gasteiger partial charge in [0.15, 0.2) is 0 Å². The topological polar surface area (TPSA) is 35.2 Å². The van der Waals surface area contributed by atoms with Gasteiger partial charge in [0.25, 0.3) is 0 Å². The fourth-order valence-electron chi connectivity index (χ4n) is 2.87. The van der Waals surface area contributed by atoms with Crippen LogP contribution in [0.3, 0.4) is 0 Å². The summed E-state index contributed by atoms with van der Waals surface area (Å²) in [5.74, 6) is 1.05. The number of nitrogens with two attached hydrogens (primary N) is 1. The first kappa shape index (κ1) is 14.4. The molecule has 0 aliphatic heterocycles. The van der Waals surface area contributed by atoms with Crippen LogP contribution < -0.4 is 10.5 Å². The van der Waals surface area contributed by atoms with Crippen molar-refractivity contribution in [3.8, 4) is 5.75 Å². The molecule has 0 saturated heterocycles. The number of hydrogen-bond donors (Lipinski definition) is 1. The maximum atomic E-state index is 6.27. The molecule has 1 aromatic rings. The van der Waals surface area contributed by atoms with Crippen molar-refractivity contribution < 1.29 is 4.74 Å². The summed E-state index contributed by atoms with van der Waals surface area (Å²) < 4.78 is 6.27. The molecule has 19 heavy (non-hydrogen) atoms. The highest BCUT2D eigenvalue weighted by atomic mass is 16.5. The van der Waals surface area contributed by atoms with Crippen LogP contribution in [-0.2, 0) is 6.42 Å². The highest BCUT2D eigenvalue weighted by Crippen LogP contribution is 2.27. The summed E-state index contributed by atoms with van der Waals surface area (Å²) >= 11 is 0. The Morgan fingerprint density at radius 2 is 1.89 bits per heavy atom. The molecule has 106 valence electrons. The van der Waals surface area contributed by atoms with E-state index >= 15 is 0 Å². The maximum Gasteiger partial charge on any atom is 0.122 e. The number of hydrogen-bond acceptors (Lipinski definition) is 2. The average Bonchev–Trinajstić information content (AvgIpc) is 2.60. The van der Waals surface area contributed by atoms with E-state index in [9.17, 15) is 0 Å². The zero-order valence-electron chi connectivity index (χ0n) is 12.3. The van der Waals surface area contributed by atoms with Crippen molar-refractivity contribution in [3.63, 3.8) is 0 Å². The van der Waals surface area contributed by atoms with E-state index < -0.39 is 0 Å². The van der Waals surface area contributed by atoms with Crippen molar-refractivity contribution in [2.45, 2.75) is 70.9 Å². The molecule has 0 amide bonds. The van der Waals surface area contributed by atoms with Crippen LogP contribution in [0.5, 0.6) is 5.75 Å². The van der Waals surface area contributed by atoms with Crippen LogP contribution in [0.4, 0.5) is 0 Å². The quantitative estimate of drug-likeness (QED) is 0.832. The Labute approximate surface area is 117 Å². The lowest BCUT2D eigenvalue weighted by Crippen LogP contribution is -2.20. The summed E-state index contributed by atoms with van der Waals surface area (Å²) in [6.45, 7) is 4.18. The van der Waals surface area contributed by atoms with Crippen molar-refractivity contribution in [2.24, 2.45) is 5.73 Å². The van der Waals surface area contributed by atoms with E-state index in [-0.39, 0.29) is 6.04 Å². The molecule has 0 radical (unpaired) electrons. The number of rotatable bonds is 4. The fraction of sp³-hybridized carbons (Fsp3) is 0.647. The molecular weight excluding hydrogens is 234 g/mol. The Morgan fingerprint density at radius 3 is 2.53 bits per heavy atom. The molecule has 0 spiro atoms. The van der Waals surface area contributed by atoms with Crippen molar-refractivity contribution in [1.82, 2.24) is 0 Å². The summed E-state index contributed by atoms with van der Waals surface area (Å²) in [5, 5.41) is 0. The van der Waals surface area contributed by atoms with Crippen LogP contribution in [0.2, 0.25) is 0 Å². The van der Waals surface area contributed by atoms with E-state index in [1.165, 1.54) is 49.7 Å². The summed E-state index contributed by atoms with van der Waals surface area (Å²) in [6.07, 6.45) is 9.02. The molecule has 0 bridgehead atoms. The lowest BCUT2D eigenvalue weighted by Gasteiger charge is -2.20. The van der Waals surface area contributed by atoms with Gasteiger partial charge in [-0.15, -0.1) is 0 Å². The fourth-order valence-corrected chi connectivity index (χ4v) is 2.87. The van der Waals surface area contributed by atoms with Crippen molar-refractivity contribution in [3.05, 3.63) is 29.3 Å². The molecule has 1 saturated carbocycles. The molecular formula is C17H27NO. The SMILES string of the molecule is Cc1ccc(OC2CCCCCC2)c(CC(C)N)c1. The first-order chi connectivity index (χ1) is 9.15. The van der Waals surface area contributed by atoms with Crippen molar-refractivity contribution >= 4 is 0 Å². The Bertz CT molecular complexity index is 392. The molecule has 1 aromatic carbocycles. The summed E-state index contributed by atoms with van der Waals surface area (Å²) in [5.41, 5.74) is 8.49. The highest BCUT2D eigenvalue weighted by molar-refractivity contribution is 5.37. The minimum Gasteiger partial charge on any atom is -0.490 e. The summed E-state index contributed by atoms with van der Waals surface area (Å²) in [6, 6.07) is 6.66. The third-order valence-corrected chi connectivity index (χ3v) is 3.85. The minimum atomic E-state index is 0.179. The van der Waals surface area contributed by atoms with Gasteiger partial charge in [-0.3, -0.25) is 0 Å². The highest BCUT2D eigenvalue weighted by Gasteiger charge is 2.16. The van der Waals surface area contributed by atoms with Crippen LogP contribution >= 0.6 is 0 Å². The molecule has 1 unspecified atom stereocenters. The van der Waals surface area contributed by atoms with Gasteiger partial charge in [-0.2, -0.15) is 0 Å². The first-order valence-electron chi connectivity index (χ1n) is 7.67. The Morgan fingerprint density at radius 1 is 1.21 bits per heavy atom. The number of aryl methyl sites for hydroxylation is 1. The predicted molar refractivity (Wildman–Crippen MR) is 80.7 cm³/mol. The van der Waals surface area contributed by atoms with E-state index in [0.29, 0.717) is 6.10 Å². The predicted octanol–water partition coefficient (Wildman–Crippen LogP) is 3.99. The molecule has 1 atom stereocenters. The van der Waals surface area contributed by atoms with Gasteiger partial charge in [-0.05, 0) is 57.6 Å². The zero-order valence-corrected chi connectivity index (χ0v) is 12.3. The van der Waals surface area contributed by atoms with E-state index in [1.54, 1.807) is 0 Å².